The van der Waals surface area contributed by atoms with E-state index in [0.717, 1.165) is 13.0 Å². The molecule has 0 bridgehead atoms. The van der Waals surface area contributed by atoms with E-state index >= 15 is 0 Å². The van der Waals surface area contributed by atoms with Crippen LogP contribution < -0.4 is 51.4 Å². The van der Waals surface area contributed by atoms with Crippen LogP contribution in [0, 0.1) is 5.41 Å². The van der Waals surface area contributed by atoms with E-state index in [-0.39, 0.29) is 51.4 Å². The molecule has 0 saturated carbocycles. The molecule has 0 rings (SSSR count). The van der Waals surface area contributed by atoms with Crippen molar-refractivity contribution in [3.63, 3.8) is 0 Å². The zero-order valence-corrected chi connectivity index (χ0v) is 19.5. The van der Waals surface area contributed by atoms with Crippen molar-refractivity contribution in [2.75, 3.05) is 13.6 Å². The zero-order valence-electron chi connectivity index (χ0n) is 16.4. The van der Waals surface area contributed by atoms with E-state index in [4.69, 9.17) is 0 Å². The molecule has 0 heterocycles. The Bertz CT molecular complexity index is 275. The predicted octanol–water partition coefficient (Wildman–Crippen LogP) is 4.08. The molecule has 0 aromatic heterocycles. The zero-order chi connectivity index (χ0) is 16.6. The molecule has 0 aliphatic rings. The SMILES string of the molecule is C=C/C=C(\C=C/C)CC.CCCC(CC)(CCC)C[N-]C.[K+]. The van der Waals surface area contributed by atoms with Crippen LogP contribution in [0.1, 0.15) is 73.1 Å². The molecule has 0 saturated heterocycles. The first kappa shape index (κ1) is 27.7. The fourth-order valence-electron chi connectivity index (χ4n) is 2.80. The van der Waals surface area contributed by atoms with Crippen molar-refractivity contribution in [2.24, 2.45) is 5.41 Å². The molecule has 124 valence electrons. The van der Waals surface area contributed by atoms with Crippen LogP contribution >= 0.6 is 0 Å². The van der Waals surface area contributed by atoms with Crippen LogP contribution in [0.25, 0.3) is 5.32 Å². The molecule has 0 fully saturated rings. The second-order valence-electron chi connectivity index (χ2n) is 5.66. The molecule has 22 heavy (non-hydrogen) atoms. The number of rotatable bonds is 10. The van der Waals surface area contributed by atoms with Crippen LogP contribution in [0.15, 0.2) is 36.5 Å². The summed E-state index contributed by atoms with van der Waals surface area (Å²) in [5, 5.41) is 4.32. The van der Waals surface area contributed by atoms with E-state index in [9.17, 15) is 0 Å². The summed E-state index contributed by atoms with van der Waals surface area (Å²) in [7, 11) is 1.94. The minimum absolute atomic E-state index is 0. The second-order valence-corrected chi connectivity index (χ2v) is 5.66. The van der Waals surface area contributed by atoms with Crippen LogP contribution in [0.3, 0.4) is 0 Å². The molecule has 0 atom stereocenters. The van der Waals surface area contributed by atoms with Crippen LogP contribution in [0.2, 0.25) is 0 Å². The van der Waals surface area contributed by atoms with Gasteiger partial charge in [0.05, 0.1) is 0 Å². The van der Waals surface area contributed by atoms with Gasteiger partial charge in [-0.3, -0.25) is 0 Å². The van der Waals surface area contributed by atoms with Crippen molar-refractivity contribution in [1.82, 2.24) is 0 Å². The Balaban J connectivity index is -0.000000326. The Hall–Kier alpha value is 0.816. The van der Waals surface area contributed by atoms with Gasteiger partial charge in [0.15, 0.2) is 0 Å². The van der Waals surface area contributed by atoms with Gasteiger partial charge in [-0.15, -0.1) is 6.54 Å². The minimum Gasteiger partial charge on any atom is -0.665 e. The maximum atomic E-state index is 4.32. The van der Waals surface area contributed by atoms with Crippen LogP contribution in [-0.4, -0.2) is 13.6 Å². The monoisotopic (exact) mass is 331 g/mol. The third-order valence-electron chi connectivity index (χ3n) is 3.93. The largest absolute Gasteiger partial charge is 1.00 e. The number of hydrogen-bond donors (Lipinski definition) is 0. The van der Waals surface area contributed by atoms with E-state index in [2.05, 4.69) is 45.7 Å². The van der Waals surface area contributed by atoms with Gasteiger partial charge in [0.1, 0.15) is 0 Å². The molecule has 0 aliphatic carbocycles. The molecular formula is C20H38KN. The first-order valence-corrected chi connectivity index (χ1v) is 8.59. The van der Waals surface area contributed by atoms with Crippen LogP contribution in [-0.2, 0) is 0 Å². The molecule has 0 aromatic carbocycles. The van der Waals surface area contributed by atoms with Crippen LogP contribution in [0.4, 0.5) is 0 Å². The van der Waals surface area contributed by atoms with Crippen molar-refractivity contribution in [2.45, 2.75) is 73.1 Å². The molecule has 0 spiro atoms. The van der Waals surface area contributed by atoms with Crippen LogP contribution in [0.5, 0.6) is 0 Å². The van der Waals surface area contributed by atoms with Crippen molar-refractivity contribution < 1.29 is 51.4 Å². The topological polar surface area (TPSA) is 14.1 Å². The second kappa shape index (κ2) is 19.9. The van der Waals surface area contributed by atoms with Crippen molar-refractivity contribution in [1.29, 1.82) is 0 Å². The number of nitrogens with zero attached hydrogens (tertiary/aromatic N) is 1. The molecule has 1 nitrogen and oxygen atoms in total. The third kappa shape index (κ3) is 14.4. The van der Waals surface area contributed by atoms with Gasteiger partial charge in [-0.2, -0.15) is 7.05 Å². The van der Waals surface area contributed by atoms with Gasteiger partial charge in [0, 0.05) is 0 Å². The molecule has 0 amide bonds. The molecule has 0 radical (unpaired) electrons. The fraction of sp³-hybridized carbons (Fsp3) is 0.700. The summed E-state index contributed by atoms with van der Waals surface area (Å²) in [5.41, 5.74) is 1.85. The summed E-state index contributed by atoms with van der Waals surface area (Å²) >= 11 is 0. The molecule has 0 N–H and O–H groups in total. The smallest absolute Gasteiger partial charge is 0.665 e. The standard InChI is InChI=1S/C11H24N.C9H14.K/c1-5-8-11(7-3,9-6-2)10-12-4;1-4-7-9(6-3)8-5-2;/h5-10H2,1-4H3;4-5,7-8H,1,6H2,2-3H3;/q-1;;+1/b;8-5-,9-7-;. The molecule has 0 aliphatic heterocycles. The third-order valence-corrected chi connectivity index (χ3v) is 3.93. The predicted molar refractivity (Wildman–Crippen MR) is 100 cm³/mol. The van der Waals surface area contributed by atoms with E-state index in [0.29, 0.717) is 5.41 Å². The Morgan fingerprint density at radius 3 is 1.91 bits per heavy atom. The molecule has 0 unspecified atom stereocenters. The van der Waals surface area contributed by atoms with Gasteiger partial charge in [-0.1, -0.05) is 77.8 Å². The average molecular weight is 332 g/mol. The van der Waals surface area contributed by atoms with Gasteiger partial charge in [0.2, 0.25) is 0 Å². The Morgan fingerprint density at radius 1 is 1.09 bits per heavy atom. The first-order chi connectivity index (χ1) is 10.1. The maximum Gasteiger partial charge on any atom is 1.00 e. The minimum atomic E-state index is 0. The summed E-state index contributed by atoms with van der Waals surface area (Å²) in [4.78, 5) is 0. The van der Waals surface area contributed by atoms with Crippen molar-refractivity contribution >= 4 is 0 Å². The van der Waals surface area contributed by atoms with Crippen molar-refractivity contribution in [3.8, 4) is 0 Å². The molecule has 0 aromatic rings. The van der Waals surface area contributed by atoms with Gasteiger partial charge in [0.25, 0.3) is 0 Å². The van der Waals surface area contributed by atoms with Gasteiger partial charge >= 0.3 is 51.4 Å². The summed E-state index contributed by atoms with van der Waals surface area (Å²) in [6, 6.07) is 0. The van der Waals surface area contributed by atoms with Gasteiger partial charge < -0.3 is 5.32 Å². The van der Waals surface area contributed by atoms with E-state index in [1.165, 1.54) is 37.7 Å². The van der Waals surface area contributed by atoms with Gasteiger partial charge in [-0.25, -0.2) is 0 Å². The molecular weight excluding hydrogens is 293 g/mol. The molecule has 2 heteroatoms. The Labute approximate surface area is 183 Å². The fourth-order valence-corrected chi connectivity index (χ4v) is 2.80. The maximum absolute atomic E-state index is 4.32. The summed E-state index contributed by atoms with van der Waals surface area (Å²) in [6.07, 6.45) is 15.6. The van der Waals surface area contributed by atoms with E-state index in [1.807, 2.05) is 32.2 Å². The summed E-state index contributed by atoms with van der Waals surface area (Å²) in [5.74, 6) is 0. The Morgan fingerprint density at radius 2 is 1.64 bits per heavy atom. The number of allylic oxidation sites excluding steroid dienone is 5. The van der Waals surface area contributed by atoms with E-state index < -0.39 is 0 Å². The van der Waals surface area contributed by atoms with E-state index in [1.54, 1.807) is 0 Å². The quantitative estimate of drug-likeness (QED) is 0.423. The first-order valence-electron chi connectivity index (χ1n) is 8.59. The van der Waals surface area contributed by atoms with Crippen molar-refractivity contribution in [3.05, 3.63) is 41.8 Å². The van der Waals surface area contributed by atoms with Gasteiger partial charge in [-0.05, 0) is 37.2 Å². The Kier molecular flexibility index (Phi) is 25.0. The number of hydrogen-bond acceptors (Lipinski definition) is 0. The average Bonchev–Trinajstić information content (AvgIpc) is 2.48. The normalized spacial score (nSPS) is 11.6. The summed E-state index contributed by atoms with van der Waals surface area (Å²) in [6.45, 7) is 15.7. The summed E-state index contributed by atoms with van der Waals surface area (Å²) < 4.78 is 0.